The van der Waals surface area contributed by atoms with Gasteiger partial charge >= 0.3 is 5.97 Å². The normalized spacial score (nSPS) is 16.9. The zero-order valence-corrected chi connectivity index (χ0v) is 12.4. The summed E-state index contributed by atoms with van der Waals surface area (Å²) >= 11 is 3.02. The van der Waals surface area contributed by atoms with Crippen LogP contribution in [0, 0.1) is 11.2 Å². The molecule has 0 unspecified atom stereocenters. The van der Waals surface area contributed by atoms with Crippen LogP contribution in [0.5, 0.6) is 0 Å². The first-order valence-electron chi connectivity index (χ1n) is 6.42. The quantitative estimate of drug-likeness (QED) is 0.883. The highest BCUT2D eigenvalue weighted by Gasteiger charge is 2.41. The number of hydrogen-bond acceptors (Lipinski definition) is 2. The number of hydrogen-bond donors (Lipinski definition) is 2. The van der Waals surface area contributed by atoms with Crippen molar-refractivity contribution >= 4 is 27.8 Å². The number of benzene rings is 1. The molecule has 0 spiro atoms. The Kier molecular flexibility index (Phi) is 4.42. The summed E-state index contributed by atoms with van der Waals surface area (Å²) in [5.74, 6) is -2.12. The van der Waals surface area contributed by atoms with Gasteiger partial charge in [0.15, 0.2) is 0 Å². The van der Waals surface area contributed by atoms with Crippen molar-refractivity contribution in [1.82, 2.24) is 5.32 Å². The molecule has 20 heavy (non-hydrogen) atoms. The number of aliphatic carboxylic acids is 1. The highest BCUT2D eigenvalue weighted by Crippen LogP contribution is 2.37. The highest BCUT2D eigenvalue weighted by atomic mass is 79.9. The Balaban J connectivity index is 2.08. The van der Waals surface area contributed by atoms with Gasteiger partial charge in [0.05, 0.1) is 15.5 Å². The second-order valence-electron chi connectivity index (χ2n) is 5.08. The molecule has 1 aliphatic rings. The molecule has 0 saturated heterocycles. The topological polar surface area (TPSA) is 66.4 Å². The molecule has 6 heteroatoms. The molecule has 1 aromatic rings. The average molecular weight is 344 g/mol. The Morgan fingerprint density at radius 2 is 2.00 bits per heavy atom. The summed E-state index contributed by atoms with van der Waals surface area (Å²) in [5.41, 5.74) is -0.990. The van der Waals surface area contributed by atoms with Crippen LogP contribution < -0.4 is 5.32 Å². The second-order valence-corrected chi connectivity index (χ2v) is 5.93. The van der Waals surface area contributed by atoms with Crippen molar-refractivity contribution in [2.24, 2.45) is 5.41 Å². The molecule has 2 rings (SSSR count). The summed E-state index contributed by atoms with van der Waals surface area (Å²) in [7, 11) is 0. The van der Waals surface area contributed by atoms with E-state index in [9.17, 15) is 19.1 Å². The van der Waals surface area contributed by atoms with Gasteiger partial charge in [-0.1, -0.05) is 18.9 Å². The second kappa shape index (κ2) is 5.91. The lowest BCUT2D eigenvalue weighted by Crippen LogP contribution is -2.41. The molecule has 108 valence electrons. The molecule has 1 aliphatic carbocycles. The Hall–Kier alpha value is -1.43. The highest BCUT2D eigenvalue weighted by molar-refractivity contribution is 9.10. The SMILES string of the molecule is O=C(NCC1(C(=O)O)CCCC1)c1cccc(Br)c1F. The van der Waals surface area contributed by atoms with E-state index in [2.05, 4.69) is 21.2 Å². The van der Waals surface area contributed by atoms with Crippen LogP contribution >= 0.6 is 15.9 Å². The van der Waals surface area contributed by atoms with E-state index in [1.54, 1.807) is 6.07 Å². The Morgan fingerprint density at radius 1 is 1.35 bits per heavy atom. The monoisotopic (exact) mass is 343 g/mol. The van der Waals surface area contributed by atoms with E-state index in [0.29, 0.717) is 12.8 Å². The molecule has 4 nitrogen and oxygen atoms in total. The zero-order chi connectivity index (χ0) is 14.8. The third-order valence-corrected chi connectivity index (χ3v) is 4.41. The first-order chi connectivity index (χ1) is 9.46. The van der Waals surface area contributed by atoms with E-state index in [1.165, 1.54) is 12.1 Å². The van der Waals surface area contributed by atoms with Crippen molar-refractivity contribution < 1.29 is 19.1 Å². The summed E-state index contributed by atoms with van der Waals surface area (Å²) in [5, 5.41) is 11.9. The summed E-state index contributed by atoms with van der Waals surface area (Å²) in [6, 6.07) is 4.43. The van der Waals surface area contributed by atoms with Crippen molar-refractivity contribution in [2.45, 2.75) is 25.7 Å². The van der Waals surface area contributed by atoms with Gasteiger partial charge in [0, 0.05) is 6.54 Å². The third kappa shape index (κ3) is 2.85. The van der Waals surface area contributed by atoms with Gasteiger partial charge in [-0.2, -0.15) is 0 Å². The fraction of sp³-hybridized carbons (Fsp3) is 0.429. The van der Waals surface area contributed by atoms with Crippen LogP contribution in [0.1, 0.15) is 36.0 Å². The fourth-order valence-electron chi connectivity index (χ4n) is 2.54. The molecule has 2 N–H and O–H groups in total. The molecule has 1 aromatic carbocycles. The van der Waals surface area contributed by atoms with Crippen LogP contribution in [0.2, 0.25) is 0 Å². The zero-order valence-electron chi connectivity index (χ0n) is 10.8. The lowest BCUT2D eigenvalue weighted by Gasteiger charge is -2.24. The van der Waals surface area contributed by atoms with E-state index >= 15 is 0 Å². The number of nitrogens with one attached hydrogen (secondary N) is 1. The molecule has 0 heterocycles. The summed E-state index contributed by atoms with van der Waals surface area (Å²) in [6.07, 6.45) is 2.77. The van der Waals surface area contributed by atoms with Crippen molar-refractivity contribution in [3.8, 4) is 0 Å². The smallest absolute Gasteiger partial charge is 0.311 e. The Morgan fingerprint density at radius 3 is 2.60 bits per heavy atom. The molecule has 0 bridgehead atoms. The van der Waals surface area contributed by atoms with Gasteiger partial charge in [0.2, 0.25) is 0 Å². The van der Waals surface area contributed by atoms with E-state index in [0.717, 1.165) is 12.8 Å². The van der Waals surface area contributed by atoms with Gasteiger partial charge in [-0.3, -0.25) is 9.59 Å². The molecular formula is C14H15BrFNO3. The molecular weight excluding hydrogens is 329 g/mol. The van der Waals surface area contributed by atoms with Gasteiger partial charge in [0.1, 0.15) is 5.82 Å². The molecule has 0 radical (unpaired) electrons. The molecule has 0 aromatic heterocycles. The van der Waals surface area contributed by atoms with Crippen LogP contribution in [0.4, 0.5) is 4.39 Å². The van der Waals surface area contributed by atoms with Crippen LogP contribution in [0.15, 0.2) is 22.7 Å². The van der Waals surface area contributed by atoms with Crippen LogP contribution in [-0.4, -0.2) is 23.5 Å². The fourth-order valence-corrected chi connectivity index (χ4v) is 2.91. The van der Waals surface area contributed by atoms with Crippen molar-refractivity contribution in [2.75, 3.05) is 6.54 Å². The summed E-state index contributed by atoms with van der Waals surface area (Å²) < 4.78 is 14.0. The molecule has 0 atom stereocenters. The first-order valence-corrected chi connectivity index (χ1v) is 7.21. The minimum absolute atomic E-state index is 0.0348. The minimum Gasteiger partial charge on any atom is -0.481 e. The van der Waals surface area contributed by atoms with Gasteiger partial charge in [0.25, 0.3) is 5.91 Å². The molecule has 1 amide bonds. The minimum atomic E-state index is -0.905. The van der Waals surface area contributed by atoms with Gasteiger partial charge in [-0.25, -0.2) is 4.39 Å². The summed E-state index contributed by atoms with van der Waals surface area (Å²) in [4.78, 5) is 23.3. The van der Waals surface area contributed by atoms with E-state index in [1.807, 2.05) is 0 Å². The van der Waals surface area contributed by atoms with Gasteiger partial charge < -0.3 is 10.4 Å². The van der Waals surface area contributed by atoms with Gasteiger partial charge in [-0.05, 0) is 40.9 Å². The number of carbonyl (C=O) groups is 2. The number of carboxylic acids is 1. The first kappa shape index (κ1) is 15.0. The maximum atomic E-state index is 13.8. The molecule has 0 aliphatic heterocycles. The standard InChI is InChI=1S/C14H15BrFNO3/c15-10-5-3-4-9(11(10)16)12(18)17-8-14(13(19)20)6-1-2-7-14/h3-5H,1-2,6-8H2,(H,17,18)(H,19,20). The van der Waals surface area contributed by atoms with Gasteiger partial charge in [-0.15, -0.1) is 0 Å². The van der Waals surface area contributed by atoms with E-state index in [-0.39, 0.29) is 16.6 Å². The molecule has 1 fully saturated rings. The number of rotatable bonds is 4. The van der Waals surface area contributed by atoms with Crippen LogP contribution in [0.3, 0.4) is 0 Å². The van der Waals surface area contributed by atoms with Crippen molar-refractivity contribution in [3.63, 3.8) is 0 Å². The lowest BCUT2D eigenvalue weighted by atomic mass is 9.86. The molecule has 1 saturated carbocycles. The number of amides is 1. The van der Waals surface area contributed by atoms with Crippen LogP contribution in [-0.2, 0) is 4.79 Å². The maximum absolute atomic E-state index is 13.8. The predicted molar refractivity (Wildman–Crippen MR) is 75.0 cm³/mol. The van der Waals surface area contributed by atoms with E-state index < -0.39 is 23.1 Å². The Bertz CT molecular complexity index is 541. The summed E-state index contributed by atoms with van der Waals surface area (Å²) in [6.45, 7) is 0.0348. The van der Waals surface area contributed by atoms with Crippen molar-refractivity contribution in [3.05, 3.63) is 34.1 Å². The lowest BCUT2D eigenvalue weighted by molar-refractivity contribution is -0.148. The largest absolute Gasteiger partial charge is 0.481 e. The van der Waals surface area contributed by atoms with Crippen molar-refractivity contribution in [1.29, 1.82) is 0 Å². The Labute approximate surface area is 124 Å². The number of halogens is 2. The predicted octanol–water partition coefficient (Wildman–Crippen LogP) is 2.96. The third-order valence-electron chi connectivity index (χ3n) is 3.80. The number of carbonyl (C=O) groups excluding carboxylic acids is 1. The number of carboxylic acid groups (broad SMARTS) is 1. The maximum Gasteiger partial charge on any atom is 0.311 e. The van der Waals surface area contributed by atoms with Crippen LogP contribution in [0.25, 0.3) is 0 Å². The average Bonchev–Trinajstić information content (AvgIpc) is 2.89. The van der Waals surface area contributed by atoms with E-state index in [4.69, 9.17) is 0 Å².